The number of aromatic nitrogens is 3. The molecule has 0 saturated carbocycles. The van der Waals surface area contributed by atoms with Crippen LogP contribution in [0.1, 0.15) is 35.0 Å². The number of nitrogens with zero attached hydrogens (tertiary/aromatic N) is 4. The number of hydrogen-bond acceptors (Lipinski definition) is 5. The molecule has 2 aromatic heterocycles. The predicted octanol–water partition coefficient (Wildman–Crippen LogP) is 3.26. The lowest BCUT2D eigenvalue weighted by Gasteiger charge is -2.30. The first kappa shape index (κ1) is 18.3. The summed E-state index contributed by atoms with van der Waals surface area (Å²) in [4.78, 5) is 9.01. The highest BCUT2D eigenvalue weighted by molar-refractivity contribution is 7.89. The standard InChI is InChI=1S/C19H22N4O2S2/c1-15-13-26-19(21-15)16-6-9-23(10-7-16)27(24,25)18-5-3-2-4-17(18)12-22-11-8-20-14-22/h2-5,8,11,13-14,16H,6-7,9-10,12H2,1H3. The number of piperidine rings is 1. The molecular weight excluding hydrogens is 380 g/mol. The molecule has 3 heterocycles. The van der Waals surface area contributed by atoms with Crippen LogP contribution in [0.3, 0.4) is 0 Å². The molecule has 3 aromatic rings. The molecule has 6 nitrogen and oxygen atoms in total. The van der Waals surface area contributed by atoms with Gasteiger partial charge < -0.3 is 4.57 Å². The van der Waals surface area contributed by atoms with Gasteiger partial charge in [-0.3, -0.25) is 0 Å². The zero-order valence-corrected chi connectivity index (χ0v) is 16.8. The molecule has 0 radical (unpaired) electrons. The Bertz CT molecular complexity index is 1000. The maximum Gasteiger partial charge on any atom is 0.243 e. The van der Waals surface area contributed by atoms with Crippen LogP contribution in [0.15, 0.2) is 53.3 Å². The molecule has 0 aliphatic carbocycles. The van der Waals surface area contributed by atoms with Crippen LogP contribution in [0.4, 0.5) is 0 Å². The normalized spacial score (nSPS) is 16.6. The molecule has 4 rings (SSSR count). The van der Waals surface area contributed by atoms with Crippen molar-refractivity contribution in [2.75, 3.05) is 13.1 Å². The zero-order chi connectivity index (χ0) is 18.9. The summed E-state index contributed by atoms with van der Waals surface area (Å²) in [5, 5.41) is 3.19. The van der Waals surface area contributed by atoms with Crippen molar-refractivity contribution in [2.24, 2.45) is 0 Å². The SMILES string of the molecule is Cc1csc(C2CCN(S(=O)(=O)c3ccccc3Cn3ccnc3)CC2)n1. The Morgan fingerprint density at radius 3 is 2.67 bits per heavy atom. The third-order valence-corrected chi connectivity index (χ3v) is 8.07. The first-order valence-corrected chi connectivity index (χ1v) is 11.3. The van der Waals surface area contributed by atoms with Crippen LogP contribution in [0.25, 0.3) is 0 Å². The maximum atomic E-state index is 13.3. The van der Waals surface area contributed by atoms with Crippen LogP contribution in [-0.4, -0.2) is 40.3 Å². The second-order valence-corrected chi connectivity index (χ2v) is 9.64. The summed E-state index contributed by atoms with van der Waals surface area (Å²) >= 11 is 1.68. The Labute approximate surface area is 163 Å². The van der Waals surface area contributed by atoms with Crippen LogP contribution in [0, 0.1) is 6.92 Å². The van der Waals surface area contributed by atoms with E-state index in [4.69, 9.17) is 0 Å². The Morgan fingerprint density at radius 1 is 1.22 bits per heavy atom. The molecule has 0 unspecified atom stereocenters. The second-order valence-electron chi connectivity index (χ2n) is 6.85. The second kappa shape index (κ2) is 7.53. The molecule has 0 N–H and O–H groups in total. The fourth-order valence-corrected chi connectivity index (χ4v) is 6.16. The minimum atomic E-state index is -3.51. The van der Waals surface area contributed by atoms with E-state index in [1.807, 2.05) is 29.8 Å². The van der Waals surface area contributed by atoms with Gasteiger partial charge in [-0.25, -0.2) is 18.4 Å². The summed E-state index contributed by atoms with van der Waals surface area (Å²) in [6.45, 7) is 3.55. The first-order chi connectivity index (χ1) is 13.0. The van der Waals surface area contributed by atoms with Crippen LogP contribution < -0.4 is 0 Å². The Hall–Kier alpha value is -2.03. The van der Waals surface area contributed by atoms with Gasteiger partial charge in [0.2, 0.25) is 10.0 Å². The van der Waals surface area contributed by atoms with Crippen molar-refractivity contribution in [3.05, 3.63) is 64.6 Å². The number of sulfonamides is 1. The third-order valence-electron chi connectivity index (χ3n) is 4.94. The quantitative estimate of drug-likeness (QED) is 0.657. The smallest absolute Gasteiger partial charge is 0.243 e. The lowest BCUT2D eigenvalue weighted by atomic mass is 9.99. The van der Waals surface area contributed by atoms with E-state index >= 15 is 0 Å². The molecular formula is C19H22N4O2S2. The maximum absolute atomic E-state index is 13.3. The average molecular weight is 403 g/mol. The molecule has 1 aromatic carbocycles. The van der Waals surface area contributed by atoms with Crippen LogP contribution in [0.5, 0.6) is 0 Å². The van der Waals surface area contributed by atoms with Crippen molar-refractivity contribution in [3.8, 4) is 0 Å². The van der Waals surface area contributed by atoms with Crippen molar-refractivity contribution < 1.29 is 8.42 Å². The third kappa shape index (κ3) is 3.83. The van der Waals surface area contributed by atoms with E-state index in [0.29, 0.717) is 30.4 Å². The van der Waals surface area contributed by atoms with Gasteiger partial charge in [0.15, 0.2) is 0 Å². The molecule has 27 heavy (non-hydrogen) atoms. The monoisotopic (exact) mass is 402 g/mol. The lowest BCUT2D eigenvalue weighted by Crippen LogP contribution is -2.38. The highest BCUT2D eigenvalue weighted by Crippen LogP contribution is 2.33. The number of imidazole rings is 1. The van der Waals surface area contributed by atoms with Crippen molar-refractivity contribution in [1.29, 1.82) is 0 Å². The van der Waals surface area contributed by atoms with Gasteiger partial charge in [0.25, 0.3) is 0 Å². The highest BCUT2D eigenvalue weighted by atomic mass is 32.2. The summed E-state index contributed by atoms with van der Waals surface area (Å²) in [5.41, 5.74) is 1.83. The van der Waals surface area contributed by atoms with E-state index in [1.54, 1.807) is 40.3 Å². The van der Waals surface area contributed by atoms with E-state index in [0.717, 1.165) is 29.1 Å². The van der Waals surface area contributed by atoms with Crippen LogP contribution in [0.2, 0.25) is 0 Å². The molecule has 1 aliphatic rings. The van der Waals surface area contributed by atoms with E-state index in [1.165, 1.54) is 0 Å². The summed E-state index contributed by atoms with van der Waals surface area (Å²) in [6, 6.07) is 7.24. The number of thiazole rings is 1. The van der Waals surface area contributed by atoms with Gasteiger partial charge in [0.1, 0.15) is 0 Å². The number of rotatable bonds is 5. The predicted molar refractivity (Wildman–Crippen MR) is 105 cm³/mol. The molecule has 1 aliphatic heterocycles. The van der Waals surface area contributed by atoms with Crippen LogP contribution in [-0.2, 0) is 16.6 Å². The summed E-state index contributed by atoms with van der Waals surface area (Å²) < 4.78 is 30.0. The Balaban J connectivity index is 1.52. The molecule has 0 amide bonds. The van der Waals surface area contributed by atoms with Gasteiger partial charge in [-0.05, 0) is 31.4 Å². The van der Waals surface area contributed by atoms with Crippen molar-refractivity contribution >= 4 is 21.4 Å². The van der Waals surface area contributed by atoms with E-state index in [-0.39, 0.29) is 0 Å². The van der Waals surface area contributed by atoms with Crippen molar-refractivity contribution in [3.63, 3.8) is 0 Å². The Kier molecular flexibility index (Phi) is 5.12. The molecule has 0 atom stereocenters. The molecule has 142 valence electrons. The summed E-state index contributed by atoms with van der Waals surface area (Å²) in [5.74, 6) is 0.358. The van der Waals surface area contributed by atoms with Gasteiger partial charge >= 0.3 is 0 Å². The number of benzene rings is 1. The first-order valence-electron chi connectivity index (χ1n) is 9.00. The summed E-state index contributed by atoms with van der Waals surface area (Å²) in [7, 11) is -3.51. The lowest BCUT2D eigenvalue weighted by molar-refractivity contribution is 0.319. The minimum absolute atomic E-state index is 0.358. The van der Waals surface area contributed by atoms with Gasteiger partial charge in [0.05, 0.1) is 16.2 Å². The fourth-order valence-electron chi connectivity index (χ4n) is 3.50. The van der Waals surface area contributed by atoms with Crippen molar-refractivity contribution in [1.82, 2.24) is 18.8 Å². The van der Waals surface area contributed by atoms with Gasteiger partial charge in [-0.2, -0.15) is 4.31 Å². The Morgan fingerprint density at radius 2 is 2.00 bits per heavy atom. The fraction of sp³-hybridized carbons (Fsp3) is 0.368. The van der Waals surface area contributed by atoms with E-state index < -0.39 is 10.0 Å². The molecule has 1 fully saturated rings. The van der Waals surface area contributed by atoms with Gasteiger partial charge in [-0.15, -0.1) is 11.3 Å². The van der Waals surface area contributed by atoms with Crippen LogP contribution >= 0.6 is 11.3 Å². The summed E-state index contributed by atoms with van der Waals surface area (Å²) in [6.07, 6.45) is 6.86. The van der Waals surface area contributed by atoms with E-state index in [2.05, 4.69) is 15.3 Å². The minimum Gasteiger partial charge on any atom is -0.333 e. The molecule has 0 bridgehead atoms. The van der Waals surface area contributed by atoms with Gasteiger partial charge in [-0.1, -0.05) is 18.2 Å². The highest BCUT2D eigenvalue weighted by Gasteiger charge is 2.32. The number of aryl methyl sites for hydroxylation is 1. The van der Waals surface area contributed by atoms with Crippen molar-refractivity contribution in [2.45, 2.75) is 37.1 Å². The zero-order valence-electron chi connectivity index (χ0n) is 15.2. The molecule has 0 spiro atoms. The largest absolute Gasteiger partial charge is 0.333 e. The average Bonchev–Trinajstić information content (AvgIpc) is 3.34. The van der Waals surface area contributed by atoms with E-state index in [9.17, 15) is 8.42 Å². The topological polar surface area (TPSA) is 68.1 Å². The number of hydrogen-bond donors (Lipinski definition) is 0. The molecule has 1 saturated heterocycles. The van der Waals surface area contributed by atoms with Gasteiger partial charge in [0, 0.05) is 49.0 Å². The molecule has 8 heteroatoms.